The van der Waals surface area contributed by atoms with Crippen molar-refractivity contribution in [1.29, 1.82) is 0 Å². The van der Waals surface area contributed by atoms with Gasteiger partial charge in [-0.15, -0.1) is 0 Å². The van der Waals surface area contributed by atoms with Gasteiger partial charge in [0, 0.05) is 44.5 Å². The van der Waals surface area contributed by atoms with E-state index in [0.717, 1.165) is 38.3 Å². The molecule has 3 aromatic rings. The van der Waals surface area contributed by atoms with Gasteiger partial charge in [0.1, 0.15) is 23.9 Å². The molecule has 0 saturated carbocycles. The number of anilines is 2. The van der Waals surface area contributed by atoms with Crippen molar-refractivity contribution >= 4 is 17.4 Å². The van der Waals surface area contributed by atoms with Gasteiger partial charge in [-0.1, -0.05) is 13.8 Å². The van der Waals surface area contributed by atoms with Gasteiger partial charge in [-0.05, 0) is 54.8 Å². The highest BCUT2D eigenvalue weighted by Crippen LogP contribution is 2.19. The van der Waals surface area contributed by atoms with Crippen molar-refractivity contribution < 1.29 is 13.6 Å². The van der Waals surface area contributed by atoms with E-state index in [2.05, 4.69) is 34.1 Å². The smallest absolute Gasteiger partial charge is 0.286 e. The monoisotopic (exact) mass is 467 g/mol. The van der Waals surface area contributed by atoms with Gasteiger partial charge in [0.15, 0.2) is 5.76 Å². The summed E-state index contributed by atoms with van der Waals surface area (Å²) in [4.78, 5) is 29.0. The second kappa shape index (κ2) is 10.5. The Hall–Kier alpha value is -3.62. The molecule has 2 aromatic heterocycles. The molecular formula is C25H30FN5O3. The van der Waals surface area contributed by atoms with Crippen LogP contribution in [0.15, 0.2) is 57.7 Å². The summed E-state index contributed by atoms with van der Waals surface area (Å²) in [5.41, 5.74) is 0.744. The Morgan fingerprint density at radius 2 is 1.74 bits per heavy atom. The Morgan fingerprint density at radius 3 is 2.44 bits per heavy atom. The molecule has 0 bridgehead atoms. The van der Waals surface area contributed by atoms with E-state index in [1.54, 1.807) is 30.3 Å². The number of carbonyl (C=O) groups is 1. The van der Waals surface area contributed by atoms with Crippen molar-refractivity contribution in [3.05, 3.63) is 76.2 Å². The number of nitrogens with zero attached hydrogens (tertiary/aromatic N) is 4. The third-order valence-corrected chi connectivity index (χ3v) is 5.85. The molecule has 8 nitrogen and oxygen atoms in total. The maximum Gasteiger partial charge on any atom is 0.286 e. The number of nitrogens with one attached hydrogen (secondary N) is 1. The quantitative estimate of drug-likeness (QED) is 0.548. The molecule has 0 radical (unpaired) electrons. The average molecular weight is 468 g/mol. The van der Waals surface area contributed by atoms with Gasteiger partial charge >= 0.3 is 0 Å². The van der Waals surface area contributed by atoms with Crippen LogP contribution in [-0.4, -0.2) is 48.4 Å². The van der Waals surface area contributed by atoms with E-state index in [1.165, 1.54) is 22.9 Å². The number of rotatable bonds is 8. The standard InChI is InChI=1S/C25H30FN5O3/c1-18(2)11-12-27-25(33)22-8-7-21(34-22)17-31-24(32)10-9-23(28-31)30-15-13-29(14-16-30)20-5-3-19(26)4-6-20/h3-10,18H,11-17H2,1-2H3,(H,27,33). The van der Waals surface area contributed by atoms with Crippen LogP contribution in [0.5, 0.6) is 0 Å². The lowest BCUT2D eigenvalue weighted by molar-refractivity contribution is 0.0922. The van der Waals surface area contributed by atoms with Crippen LogP contribution >= 0.6 is 0 Å². The number of amides is 1. The van der Waals surface area contributed by atoms with Crippen LogP contribution in [0.2, 0.25) is 0 Å². The summed E-state index contributed by atoms with van der Waals surface area (Å²) in [5.74, 6) is 1.41. The van der Waals surface area contributed by atoms with Gasteiger partial charge in [0.05, 0.1) is 0 Å². The topological polar surface area (TPSA) is 83.6 Å². The molecule has 0 spiro atoms. The molecule has 1 fully saturated rings. The van der Waals surface area contributed by atoms with Crippen LogP contribution in [0.25, 0.3) is 0 Å². The Labute approximate surface area is 198 Å². The van der Waals surface area contributed by atoms with Gasteiger partial charge < -0.3 is 19.5 Å². The summed E-state index contributed by atoms with van der Waals surface area (Å²) in [5, 5.41) is 7.37. The summed E-state index contributed by atoms with van der Waals surface area (Å²) < 4.78 is 20.2. The molecule has 1 aromatic carbocycles. The third-order valence-electron chi connectivity index (χ3n) is 5.85. The molecule has 0 aliphatic carbocycles. The minimum atomic E-state index is -0.264. The zero-order valence-corrected chi connectivity index (χ0v) is 19.5. The molecule has 0 unspecified atom stereocenters. The minimum absolute atomic E-state index is 0.140. The van der Waals surface area contributed by atoms with E-state index < -0.39 is 0 Å². The summed E-state index contributed by atoms with van der Waals surface area (Å²) in [6.45, 7) is 7.91. The van der Waals surface area contributed by atoms with E-state index in [9.17, 15) is 14.0 Å². The molecule has 1 saturated heterocycles. The number of aromatic nitrogens is 2. The van der Waals surface area contributed by atoms with Crippen LogP contribution in [0.1, 0.15) is 36.6 Å². The molecule has 180 valence electrons. The second-order valence-corrected chi connectivity index (χ2v) is 8.84. The van der Waals surface area contributed by atoms with Gasteiger partial charge in [-0.2, -0.15) is 5.10 Å². The van der Waals surface area contributed by atoms with Gasteiger partial charge in [-0.25, -0.2) is 9.07 Å². The highest BCUT2D eigenvalue weighted by molar-refractivity contribution is 5.91. The van der Waals surface area contributed by atoms with Gasteiger partial charge in [0.2, 0.25) is 0 Å². The molecule has 1 amide bonds. The van der Waals surface area contributed by atoms with Crippen LogP contribution < -0.4 is 20.7 Å². The molecule has 0 atom stereocenters. The van der Waals surface area contributed by atoms with Crippen molar-refractivity contribution in [2.75, 3.05) is 42.5 Å². The molecular weight excluding hydrogens is 437 g/mol. The number of piperazine rings is 1. The van der Waals surface area contributed by atoms with Crippen LogP contribution in [-0.2, 0) is 6.54 Å². The Kier molecular flexibility index (Phi) is 7.30. The number of hydrogen-bond donors (Lipinski definition) is 1. The van der Waals surface area contributed by atoms with Crippen LogP contribution in [0.4, 0.5) is 15.9 Å². The first-order chi connectivity index (χ1) is 16.4. The number of carbonyl (C=O) groups excluding carboxylic acids is 1. The number of benzene rings is 1. The Bertz CT molecular complexity index is 1160. The van der Waals surface area contributed by atoms with Crippen molar-refractivity contribution in [3.8, 4) is 0 Å². The lowest BCUT2D eigenvalue weighted by Crippen LogP contribution is -2.47. The fraction of sp³-hybridized carbons (Fsp3) is 0.400. The largest absolute Gasteiger partial charge is 0.454 e. The van der Waals surface area contributed by atoms with E-state index in [4.69, 9.17) is 4.42 Å². The molecule has 1 N–H and O–H groups in total. The predicted octanol–water partition coefficient (Wildman–Crippen LogP) is 3.13. The Balaban J connectivity index is 1.37. The zero-order chi connectivity index (χ0) is 24.1. The average Bonchev–Trinajstić information content (AvgIpc) is 3.30. The number of halogens is 1. The summed E-state index contributed by atoms with van der Waals surface area (Å²) in [7, 11) is 0. The maximum atomic E-state index is 13.2. The first-order valence-electron chi connectivity index (χ1n) is 11.6. The normalized spacial score (nSPS) is 14.0. The molecule has 9 heteroatoms. The molecule has 3 heterocycles. The van der Waals surface area contributed by atoms with E-state index in [1.807, 2.05) is 0 Å². The fourth-order valence-corrected chi connectivity index (χ4v) is 3.86. The summed E-state index contributed by atoms with van der Waals surface area (Å²) in [6.07, 6.45) is 0.892. The van der Waals surface area contributed by atoms with E-state index >= 15 is 0 Å². The lowest BCUT2D eigenvalue weighted by Gasteiger charge is -2.36. The van der Waals surface area contributed by atoms with Crippen molar-refractivity contribution in [1.82, 2.24) is 15.1 Å². The summed E-state index contributed by atoms with van der Waals surface area (Å²) >= 11 is 0. The van der Waals surface area contributed by atoms with Crippen molar-refractivity contribution in [3.63, 3.8) is 0 Å². The number of furan rings is 1. The Morgan fingerprint density at radius 1 is 1.03 bits per heavy atom. The van der Waals surface area contributed by atoms with Crippen molar-refractivity contribution in [2.45, 2.75) is 26.8 Å². The van der Waals surface area contributed by atoms with E-state index in [0.29, 0.717) is 24.0 Å². The van der Waals surface area contributed by atoms with Crippen LogP contribution in [0, 0.1) is 11.7 Å². The SMILES string of the molecule is CC(C)CCNC(=O)c1ccc(Cn2nc(N3CCN(c4ccc(F)cc4)CC3)ccc2=O)o1. The van der Waals surface area contributed by atoms with E-state index in [-0.39, 0.29) is 29.6 Å². The first-order valence-corrected chi connectivity index (χ1v) is 11.6. The van der Waals surface area contributed by atoms with Crippen molar-refractivity contribution in [2.24, 2.45) is 5.92 Å². The third kappa shape index (κ3) is 5.84. The molecule has 34 heavy (non-hydrogen) atoms. The molecule has 1 aliphatic heterocycles. The maximum absolute atomic E-state index is 13.2. The highest BCUT2D eigenvalue weighted by atomic mass is 19.1. The minimum Gasteiger partial charge on any atom is -0.454 e. The molecule has 1 aliphatic rings. The first kappa shape index (κ1) is 23.5. The van der Waals surface area contributed by atoms with Crippen LogP contribution in [0.3, 0.4) is 0 Å². The predicted molar refractivity (Wildman–Crippen MR) is 129 cm³/mol. The number of hydrogen-bond acceptors (Lipinski definition) is 6. The van der Waals surface area contributed by atoms with Gasteiger partial charge in [-0.3, -0.25) is 9.59 Å². The molecule has 4 rings (SSSR count). The lowest BCUT2D eigenvalue weighted by atomic mass is 10.1. The fourth-order valence-electron chi connectivity index (χ4n) is 3.86. The second-order valence-electron chi connectivity index (χ2n) is 8.84. The highest BCUT2D eigenvalue weighted by Gasteiger charge is 2.19. The zero-order valence-electron chi connectivity index (χ0n) is 19.5. The summed E-state index contributed by atoms with van der Waals surface area (Å²) in [6, 6.07) is 13.0. The van der Waals surface area contributed by atoms with Gasteiger partial charge in [0.25, 0.3) is 11.5 Å².